The maximum Gasteiger partial charge on any atom is 0.165 e. The first kappa shape index (κ1) is 22.7. The number of hydrogen-bond donors (Lipinski definition) is 2. The molecule has 0 fully saturated rings. The SMILES string of the molecule is COc1cccc(C(NCC(O)COc2ccccc2F)c2nccn2C)c1.Cl. The molecule has 0 radical (unpaired) electrons. The molecule has 0 aliphatic heterocycles. The molecule has 2 unspecified atom stereocenters. The highest BCUT2D eigenvalue weighted by atomic mass is 35.5. The molecule has 2 N–H and O–H groups in total. The summed E-state index contributed by atoms with van der Waals surface area (Å²) in [5.41, 5.74) is 0.955. The van der Waals surface area contributed by atoms with Crippen molar-refractivity contribution in [3.8, 4) is 11.5 Å². The molecule has 8 heteroatoms. The van der Waals surface area contributed by atoms with Crippen molar-refractivity contribution in [1.29, 1.82) is 0 Å². The van der Waals surface area contributed by atoms with E-state index in [4.69, 9.17) is 9.47 Å². The van der Waals surface area contributed by atoms with Gasteiger partial charge in [-0.15, -0.1) is 12.4 Å². The lowest BCUT2D eigenvalue weighted by molar-refractivity contribution is 0.102. The van der Waals surface area contributed by atoms with Crippen molar-refractivity contribution < 1.29 is 19.0 Å². The van der Waals surface area contributed by atoms with Gasteiger partial charge in [-0.25, -0.2) is 9.37 Å². The molecule has 3 aromatic rings. The summed E-state index contributed by atoms with van der Waals surface area (Å²) in [6.45, 7) is 0.211. The molecule has 0 amide bonds. The van der Waals surface area contributed by atoms with Gasteiger partial charge in [0.1, 0.15) is 24.3 Å². The van der Waals surface area contributed by atoms with E-state index in [2.05, 4.69) is 10.3 Å². The summed E-state index contributed by atoms with van der Waals surface area (Å²) in [5.74, 6) is 1.21. The van der Waals surface area contributed by atoms with Gasteiger partial charge in [0.25, 0.3) is 0 Å². The van der Waals surface area contributed by atoms with Gasteiger partial charge in [0.05, 0.1) is 13.2 Å². The van der Waals surface area contributed by atoms with Crippen molar-refractivity contribution >= 4 is 12.4 Å². The number of methoxy groups -OCH3 is 1. The Morgan fingerprint density at radius 3 is 2.69 bits per heavy atom. The van der Waals surface area contributed by atoms with E-state index in [1.54, 1.807) is 25.4 Å². The minimum Gasteiger partial charge on any atom is -0.497 e. The van der Waals surface area contributed by atoms with Crippen LogP contribution in [0.4, 0.5) is 4.39 Å². The molecule has 0 aliphatic rings. The number of nitrogens with one attached hydrogen (secondary N) is 1. The first-order valence-corrected chi connectivity index (χ1v) is 8.98. The fourth-order valence-corrected chi connectivity index (χ4v) is 2.90. The van der Waals surface area contributed by atoms with Crippen molar-refractivity contribution in [3.05, 3.63) is 78.1 Å². The molecule has 0 saturated heterocycles. The predicted octanol–water partition coefficient (Wildman–Crippen LogP) is 3.11. The summed E-state index contributed by atoms with van der Waals surface area (Å²) in [5, 5.41) is 13.6. The van der Waals surface area contributed by atoms with Crippen molar-refractivity contribution in [2.45, 2.75) is 12.1 Å². The highest BCUT2D eigenvalue weighted by molar-refractivity contribution is 5.85. The van der Waals surface area contributed by atoms with Gasteiger partial charge in [0.15, 0.2) is 11.6 Å². The fourth-order valence-electron chi connectivity index (χ4n) is 2.90. The highest BCUT2D eigenvalue weighted by Crippen LogP contribution is 2.24. The molecule has 0 spiro atoms. The van der Waals surface area contributed by atoms with E-state index in [9.17, 15) is 9.50 Å². The third kappa shape index (κ3) is 5.93. The summed E-state index contributed by atoms with van der Waals surface area (Å²) in [6.07, 6.45) is 2.76. The molecule has 1 heterocycles. The standard InChI is InChI=1S/C21H24FN3O3.ClH/c1-25-11-10-23-21(25)20(15-6-5-7-17(12-15)27-2)24-13-16(26)14-28-19-9-4-3-8-18(19)22;/h3-12,16,20,24,26H,13-14H2,1-2H3;1H. The Balaban J connectivity index is 0.00000300. The fraction of sp³-hybridized carbons (Fsp3) is 0.286. The lowest BCUT2D eigenvalue weighted by Gasteiger charge is -2.22. The van der Waals surface area contributed by atoms with Gasteiger partial charge >= 0.3 is 0 Å². The average molecular weight is 422 g/mol. The van der Waals surface area contributed by atoms with E-state index < -0.39 is 11.9 Å². The number of halogens is 2. The Labute approximate surface area is 175 Å². The van der Waals surface area contributed by atoms with Crippen molar-refractivity contribution in [2.75, 3.05) is 20.3 Å². The number of para-hydroxylation sites is 1. The van der Waals surface area contributed by atoms with E-state index in [-0.39, 0.29) is 37.4 Å². The second-order valence-electron chi connectivity index (χ2n) is 6.41. The van der Waals surface area contributed by atoms with Gasteiger partial charge in [0.2, 0.25) is 0 Å². The van der Waals surface area contributed by atoms with Crippen LogP contribution in [-0.2, 0) is 7.05 Å². The van der Waals surface area contributed by atoms with Crippen LogP contribution in [0.1, 0.15) is 17.4 Å². The molecule has 3 rings (SSSR count). The number of aromatic nitrogens is 2. The monoisotopic (exact) mass is 421 g/mol. The van der Waals surface area contributed by atoms with Crippen LogP contribution in [0.3, 0.4) is 0 Å². The van der Waals surface area contributed by atoms with E-state index in [0.717, 1.165) is 17.1 Å². The van der Waals surface area contributed by atoms with Crippen LogP contribution in [0.15, 0.2) is 60.9 Å². The zero-order valence-electron chi connectivity index (χ0n) is 16.3. The molecule has 29 heavy (non-hydrogen) atoms. The van der Waals surface area contributed by atoms with E-state index in [1.165, 1.54) is 12.1 Å². The van der Waals surface area contributed by atoms with Crippen LogP contribution in [0, 0.1) is 5.82 Å². The number of aliphatic hydroxyl groups is 1. The number of benzene rings is 2. The van der Waals surface area contributed by atoms with E-state index in [0.29, 0.717) is 0 Å². The smallest absolute Gasteiger partial charge is 0.165 e. The molecule has 0 saturated carbocycles. The Kier molecular flexibility index (Phi) is 8.45. The molecule has 1 aromatic heterocycles. The molecule has 6 nitrogen and oxygen atoms in total. The maximum atomic E-state index is 13.6. The molecule has 2 atom stereocenters. The lowest BCUT2D eigenvalue weighted by Crippen LogP contribution is -2.35. The first-order valence-electron chi connectivity index (χ1n) is 8.98. The normalized spacial score (nSPS) is 12.7. The molecular weight excluding hydrogens is 397 g/mol. The Morgan fingerprint density at radius 1 is 1.21 bits per heavy atom. The molecule has 0 bridgehead atoms. The second-order valence-corrected chi connectivity index (χ2v) is 6.41. The van der Waals surface area contributed by atoms with Gasteiger partial charge < -0.3 is 24.5 Å². The van der Waals surface area contributed by atoms with Crippen LogP contribution in [-0.4, -0.2) is 41.0 Å². The summed E-state index contributed by atoms with van der Waals surface area (Å²) in [4.78, 5) is 4.43. The zero-order chi connectivity index (χ0) is 19.9. The number of hydrogen-bond acceptors (Lipinski definition) is 5. The second kappa shape index (κ2) is 10.8. The summed E-state index contributed by atoms with van der Waals surface area (Å²) < 4.78 is 26.2. The zero-order valence-corrected chi connectivity index (χ0v) is 17.1. The van der Waals surface area contributed by atoms with E-state index >= 15 is 0 Å². The quantitative estimate of drug-likeness (QED) is 0.555. The number of imidazole rings is 1. The highest BCUT2D eigenvalue weighted by Gasteiger charge is 2.20. The first-order chi connectivity index (χ1) is 13.6. The van der Waals surface area contributed by atoms with Gasteiger partial charge in [0, 0.05) is 26.0 Å². The van der Waals surface area contributed by atoms with Crippen molar-refractivity contribution in [1.82, 2.24) is 14.9 Å². The van der Waals surface area contributed by atoms with Crippen LogP contribution in [0.5, 0.6) is 11.5 Å². The van der Waals surface area contributed by atoms with Gasteiger partial charge in [-0.1, -0.05) is 24.3 Å². The van der Waals surface area contributed by atoms with Crippen LogP contribution in [0.2, 0.25) is 0 Å². The third-order valence-corrected chi connectivity index (χ3v) is 4.37. The van der Waals surface area contributed by atoms with Gasteiger partial charge in [-0.3, -0.25) is 0 Å². The number of aryl methyl sites for hydroxylation is 1. The Morgan fingerprint density at radius 2 is 2.00 bits per heavy atom. The Hall–Kier alpha value is -2.61. The molecule has 2 aromatic carbocycles. The minimum atomic E-state index is -0.826. The average Bonchev–Trinajstić information content (AvgIpc) is 3.13. The minimum absolute atomic E-state index is 0. The van der Waals surface area contributed by atoms with Crippen LogP contribution in [0.25, 0.3) is 0 Å². The van der Waals surface area contributed by atoms with Crippen molar-refractivity contribution in [3.63, 3.8) is 0 Å². The predicted molar refractivity (Wildman–Crippen MR) is 111 cm³/mol. The third-order valence-electron chi connectivity index (χ3n) is 4.37. The molecule has 156 valence electrons. The molecular formula is C21H25ClFN3O3. The van der Waals surface area contributed by atoms with Crippen LogP contribution < -0.4 is 14.8 Å². The maximum absolute atomic E-state index is 13.6. The summed E-state index contributed by atoms with van der Waals surface area (Å²) in [7, 11) is 3.53. The summed E-state index contributed by atoms with van der Waals surface area (Å²) >= 11 is 0. The Bertz CT molecular complexity index is 906. The summed E-state index contributed by atoms with van der Waals surface area (Å²) in [6, 6.07) is 13.5. The largest absolute Gasteiger partial charge is 0.497 e. The van der Waals surface area contributed by atoms with E-state index in [1.807, 2.05) is 42.1 Å². The van der Waals surface area contributed by atoms with Gasteiger partial charge in [-0.2, -0.15) is 0 Å². The number of ether oxygens (including phenoxy) is 2. The van der Waals surface area contributed by atoms with Crippen LogP contribution >= 0.6 is 12.4 Å². The number of rotatable bonds is 9. The number of nitrogens with zero attached hydrogens (tertiary/aromatic N) is 2. The number of aliphatic hydroxyl groups excluding tert-OH is 1. The van der Waals surface area contributed by atoms with Gasteiger partial charge in [-0.05, 0) is 29.8 Å². The topological polar surface area (TPSA) is 68.5 Å². The molecule has 0 aliphatic carbocycles. The lowest BCUT2D eigenvalue weighted by atomic mass is 10.1. The van der Waals surface area contributed by atoms with Crippen molar-refractivity contribution in [2.24, 2.45) is 7.05 Å².